The molecule has 1 atom stereocenters. The zero-order valence-electron chi connectivity index (χ0n) is 4.25. The lowest BCUT2D eigenvalue weighted by Gasteiger charge is -1.98. The number of aliphatic carboxylic acids is 1. The number of hydrogen-bond donors (Lipinski definition) is 1. The van der Waals surface area contributed by atoms with Gasteiger partial charge in [-0.15, -0.1) is 0 Å². The quantitative estimate of drug-likeness (QED) is 0.543. The molecule has 0 bridgehead atoms. The molecule has 0 fully saturated rings. The third-order valence-corrected chi connectivity index (χ3v) is 0.573. The Balaban J connectivity index is 3.46. The average molecular weight is 117 g/mol. The van der Waals surface area contributed by atoms with Crippen LogP contribution in [0.1, 0.15) is 6.92 Å². The maximum absolute atomic E-state index is 9.79. The largest absolute Gasteiger partial charge is 0.479 e. The Labute approximate surface area is 46.1 Å². The van der Waals surface area contributed by atoms with Gasteiger partial charge in [-0.25, -0.2) is 9.59 Å². The van der Waals surface area contributed by atoms with Crippen LogP contribution in [0.4, 0.5) is 0 Å². The van der Waals surface area contributed by atoms with E-state index >= 15 is 0 Å². The molecule has 0 rings (SSSR count). The van der Waals surface area contributed by atoms with Crippen LogP contribution in [0.2, 0.25) is 0 Å². The van der Waals surface area contributed by atoms with Crippen molar-refractivity contribution >= 4 is 12.4 Å². The molecule has 1 unspecified atom stereocenters. The molecule has 4 heteroatoms. The van der Waals surface area contributed by atoms with Crippen molar-refractivity contribution in [2.75, 3.05) is 0 Å². The minimum absolute atomic E-state index is 1.02. The molecule has 0 saturated carbocycles. The number of hydrogen-bond acceptors (Lipinski definition) is 3. The van der Waals surface area contributed by atoms with E-state index in [4.69, 9.17) is 5.11 Å². The molecule has 0 aliphatic carbocycles. The first-order valence-corrected chi connectivity index (χ1v) is 1.94. The van der Waals surface area contributed by atoms with E-state index in [9.17, 15) is 9.59 Å². The fourth-order valence-electron chi connectivity index (χ4n) is 0.123. The smallest absolute Gasteiger partial charge is 0.418 e. The summed E-state index contributed by atoms with van der Waals surface area (Å²) in [5, 5.41) is 8.01. The first kappa shape index (κ1) is 6.94. The maximum Gasteiger partial charge on any atom is 0.418 e. The predicted molar refractivity (Wildman–Crippen MR) is 23.9 cm³/mol. The number of carboxylic acid groups (broad SMARTS) is 1. The van der Waals surface area contributed by atoms with Crippen LogP contribution in [-0.4, -0.2) is 23.7 Å². The Bertz CT molecular complexity index is 98.2. The second-order valence-electron chi connectivity index (χ2n) is 1.18. The fourth-order valence-corrected chi connectivity index (χ4v) is 0.123. The number of carbonyl (C=O) groups is 1. The third kappa shape index (κ3) is 2.17. The summed E-state index contributed by atoms with van der Waals surface area (Å²) in [6, 6.07) is 0. The second-order valence-corrected chi connectivity index (χ2v) is 1.18. The Morgan fingerprint density at radius 1 is 1.88 bits per heavy atom. The number of carbonyl (C=O) groups excluding carboxylic acids is 1. The topological polar surface area (TPSA) is 63.6 Å². The van der Waals surface area contributed by atoms with Gasteiger partial charge in [0.25, 0.3) is 0 Å². The first-order valence-electron chi connectivity index (χ1n) is 1.94. The minimum atomic E-state index is -1.17. The summed E-state index contributed by atoms with van der Waals surface area (Å²) in [6.07, 6.45) is -1.09. The minimum Gasteiger partial charge on any atom is -0.479 e. The van der Waals surface area contributed by atoms with Gasteiger partial charge in [-0.05, 0) is 6.92 Å². The zero-order chi connectivity index (χ0) is 6.57. The summed E-state index contributed by atoms with van der Waals surface area (Å²) < 4.78 is 3.90. The fraction of sp³-hybridized carbons (Fsp3) is 0.500. The van der Waals surface area contributed by atoms with Gasteiger partial charge in [-0.1, -0.05) is 0 Å². The Morgan fingerprint density at radius 2 is 2.38 bits per heavy atom. The van der Waals surface area contributed by atoms with Crippen molar-refractivity contribution in [3.8, 4) is 0 Å². The van der Waals surface area contributed by atoms with Crippen molar-refractivity contribution in [3.63, 3.8) is 0 Å². The maximum atomic E-state index is 9.79. The van der Waals surface area contributed by atoms with E-state index in [0.717, 1.165) is 6.47 Å². The zero-order valence-corrected chi connectivity index (χ0v) is 4.25. The number of rotatable bonds is 3. The van der Waals surface area contributed by atoms with Crippen LogP contribution in [0.25, 0.3) is 0 Å². The highest BCUT2D eigenvalue weighted by Crippen LogP contribution is 1.84. The van der Waals surface area contributed by atoms with Gasteiger partial charge in [0.15, 0.2) is 6.10 Å². The molecule has 0 aromatic heterocycles. The van der Waals surface area contributed by atoms with Crippen molar-refractivity contribution in [3.05, 3.63) is 0 Å². The van der Waals surface area contributed by atoms with Gasteiger partial charge in [-0.2, -0.15) is 0 Å². The molecule has 8 heavy (non-hydrogen) atoms. The molecule has 0 aromatic carbocycles. The van der Waals surface area contributed by atoms with E-state index in [0.29, 0.717) is 0 Å². The Morgan fingerprint density at radius 3 is 2.50 bits per heavy atom. The number of ether oxygens (including phenoxy) is 1. The molecule has 45 valence electrons. The van der Waals surface area contributed by atoms with E-state index in [1.54, 1.807) is 0 Å². The van der Waals surface area contributed by atoms with Crippen LogP contribution >= 0.6 is 0 Å². The SMILES string of the molecule is CC(O[C]=O)C(=O)O. The molecular weight excluding hydrogens is 112 g/mol. The lowest BCUT2D eigenvalue weighted by atomic mass is 10.4. The van der Waals surface area contributed by atoms with E-state index in [-0.39, 0.29) is 0 Å². The number of carboxylic acids is 1. The van der Waals surface area contributed by atoms with Gasteiger partial charge in [0, 0.05) is 0 Å². The van der Waals surface area contributed by atoms with Gasteiger partial charge in [-0.3, -0.25) is 0 Å². The molecule has 0 aliphatic rings. The van der Waals surface area contributed by atoms with Crippen molar-refractivity contribution in [2.45, 2.75) is 13.0 Å². The molecular formula is C4H5O4. The molecule has 0 spiro atoms. The van der Waals surface area contributed by atoms with Gasteiger partial charge >= 0.3 is 12.4 Å². The van der Waals surface area contributed by atoms with Crippen molar-refractivity contribution in [2.24, 2.45) is 0 Å². The lowest BCUT2D eigenvalue weighted by molar-refractivity contribution is -0.144. The highest BCUT2D eigenvalue weighted by atomic mass is 16.5. The van der Waals surface area contributed by atoms with Crippen molar-refractivity contribution in [1.82, 2.24) is 0 Å². The summed E-state index contributed by atoms with van der Waals surface area (Å²) in [5.41, 5.74) is 0. The third-order valence-electron chi connectivity index (χ3n) is 0.573. The molecule has 0 heterocycles. The van der Waals surface area contributed by atoms with Crippen molar-refractivity contribution < 1.29 is 19.4 Å². The Hall–Kier alpha value is -1.06. The summed E-state index contributed by atoms with van der Waals surface area (Å²) >= 11 is 0. The molecule has 4 nitrogen and oxygen atoms in total. The van der Waals surface area contributed by atoms with Crippen LogP contribution < -0.4 is 0 Å². The van der Waals surface area contributed by atoms with E-state index in [1.807, 2.05) is 0 Å². The van der Waals surface area contributed by atoms with E-state index < -0.39 is 12.1 Å². The normalized spacial score (nSPS) is 12.1. The van der Waals surface area contributed by atoms with Crippen LogP contribution in [0.15, 0.2) is 0 Å². The summed E-state index contributed by atoms with van der Waals surface area (Å²) in [6.45, 7) is 2.26. The van der Waals surface area contributed by atoms with Crippen LogP contribution in [-0.2, 0) is 14.3 Å². The summed E-state index contributed by atoms with van der Waals surface area (Å²) in [5.74, 6) is -1.17. The monoisotopic (exact) mass is 117 g/mol. The molecule has 1 N–H and O–H groups in total. The van der Waals surface area contributed by atoms with Crippen molar-refractivity contribution in [1.29, 1.82) is 0 Å². The second kappa shape index (κ2) is 3.01. The average Bonchev–Trinajstić information content (AvgIpc) is 1.67. The molecule has 0 aliphatic heterocycles. The summed E-state index contributed by atoms with van der Waals surface area (Å²) in [7, 11) is 0. The molecule has 0 amide bonds. The standard InChI is InChI=1S/C4H5O4/c1-3(4(6)7)8-2-5/h3H,1H3,(H,6,7). The molecule has 0 saturated heterocycles. The Kier molecular flexibility index (Phi) is 2.61. The van der Waals surface area contributed by atoms with Gasteiger partial charge in [0.1, 0.15) is 0 Å². The highest BCUT2D eigenvalue weighted by molar-refractivity contribution is 5.73. The van der Waals surface area contributed by atoms with Gasteiger partial charge < -0.3 is 9.84 Å². The first-order chi connectivity index (χ1) is 3.68. The van der Waals surface area contributed by atoms with Gasteiger partial charge in [0.2, 0.25) is 0 Å². The lowest BCUT2D eigenvalue weighted by Crippen LogP contribution is -2.18. The summed E-state index contributed by atoms with van der Waals surface area (Å²) in [4.78, 5) is 19.1. The highest BCUT2D eigenvalue weighted by Gasteiger charge is 2.09. The molecule has 1 radical (unpaired) electrons. The van der Waals surface area contributed by atoms with Gasteiger partial charge in [0.05, 0.1) is 0 Å². The van der Waals surface area contributed by atoms with E-state index in [2.05, 4.69) is 4.74 Å². The predicted octanol–water partition coefficient (Wildman–Crippen LogP) is -0.457. The van der Waals surface area contributed by atoms with Crippen LogP contribution in [0.5, 0.6) is 0 Å². The van der Waals surface area contributed by atoms with Crippen LogP contribution in [0, 0.1) is 0 Å². The van der Waals surface area contributed by atoms with Crippen LogP contribution in [0.3, 0.4) is 0 Å². The molecule has 0 aromatic rings. The van der Waals surface area contributed by atoms with E-state index in [1.165, 1.54) is 6.92 Å².